The molecule has 202 valence electrons. The number of hydrogen-bond donors (Lipinski definition) is 1. The maximum atomic E-state index is 13.6. The highest BCUT2D eigenvalue weighted by molar-refractivity contribution is 7.22. The maximum absolute atomic E-state index is 13.6. The van der Waals surface area contributed by atoms with Gasteiger partial charge in [0, 0.05) is 16.0 Å². The molecule has 1 aliphatic heterocycles. The fraction of sp³-hybridized carbons (Fsp3) is 0.300. The molecule has 0 saturated carbocycles. The molecule has 1 N–H and O–H groups in total. The first kappa shape index (κ1) is 26.9. The largest absolute Gasteiger partial charge is 0.507 e. The van der Waals surface area contributed by atoms with Crippen LogP contribution in [0.5, 0.6) is 11.5 Å². The number of anilines is 1. The van der Waals surface area contributed by atoms with Crippen LogP contribution < -0.4 is 14.4 Å². The van der Waals surface area contributed by atoms with E-state index in [4.69, 9.17) is 14.5 Å². The molecule has 1 fully saturated rings. The summed E-state index contributed by atoms with van der Waals surface area (Å²) in [6.07, 6.45) is 0. The highest BCUT2D eigenvalue weighted by Crippen LogP contribution is 2.46. The normalized spacial score (nSPS) is 17.3. The molecule has 5 rings (SSSR count). The third-order valence-electron chi connectivity index (χ3n) is 6.72. The summed E-state index contributed by atoms with van der Waals surface area (Å²) in [6, 6.07) is 12.1. The lowest BCUT2D eigenvalue weighted by Crippen LogP contribution is -2.28. The van der Waals surface area contributed by atoms with Crippen LogP contribution >= 0.6 is 22.7 Å². The minimum Gasteiger partial charge on any atom is -0.507 e. The number of fused-ring (bicyclic) bond motifs is 1. The van der Waals surface area contributed by atoms with Crippen molar-refractivity contribution < 1.29 is 24.2 Å². The standard InChI is InChI=1S/C30H30N2O5S2/c1-7-37-20-11-10-17(14-18(20)30(3,4)5)26(33)24-25(22-9-8-12-38-22)32(28(35)27(24)34)29-31-19-13-16(2)21(36-6)15-23(19)39-29/h8-15,25,33H,7H2,1-6H3/b26-24+. The van der Waals surface area contributed by atoms with Gasteiger partial charge in [0.2, 0.25) is 0 Å². The summed E-state index contributed by atoms with van der Waals surface area (Å²) in [4.78, 5) is 34.0. The van der Waals surface area contributed by atoms with Gasteiger partial charge in [-0.25, -0.2) is 4.98 Å². The van der Waals surface area contributed by atoms with Crippen LogP contribution in [0.4, 0.5) is 5.13 Å². The number of aromatic nitrogens is 1. The summed E-state index contributed by atoms with van der Waals surface area (Å²) in [5.74, 6) is -0.247. The molecule has 0 radical (unpaired) electrons. The number of methoxy groups -OCH3 is 1. The number of aliphatic hydroxyl groups excluding tert-OH is 1. The summed E-state index contributed by atoms with van der Waals surface area (Å²) in [7, 11) is 1.61. The van der Waals surface area contributed by atoms with Gasteiger partial charge in [-0.15, -0.1) is 11.3 Å². The van der Waals surface area contributed by atoms with E-state index in [-0.39, 0.29) is 16.7 Å². The SMILES string of the molecule is CCOc1ccc(/C(O)=C2\C(=O)C(=O)N(c3nc4cc(C)c(OC)cc4s3)C2c2cccs2)cc1C(C)(C)C. The molecule has 3 heterocycles. The lowest BCUT2D eigenvalue weighted by atomic mass is 9.84. The van der Waals surface area contributed by atoms with Gasteiger partial charge in [-0.1, -0.05) is 38.2 Å². The molecule has 9 heteroatoms. The van der Waals surface area contributed by atoms with Crippen LogP contribution in [0.2, 0.25) is 0 Å². The zero-order chi connectivity index (χ0) is 28.1. The Hall–Kier alpha value is -3.69. The Balaban J connectivity index is 1.69. The fourth-order valence-corrected chi connectivity index (χ4v) is 6.64. The van der Waals surface area contributed by atoms with Gasteiger partial charge in [-0.05, 0) is 66.6 Å². The predicted octanol–water partition coefficient (Wildman–Crippen LogP) is 7.00. The fourth-order valence-electron chi connectivity index (χ4n) is 4.82. The van der Waals surface area contributed by atoms with Crippen LogP contribution in [-0.2, 0) is 15.0 Å². The second-order valence-corrected chi connectivity index (χ2v) is 12.4. The van der Waals surface area contributed by atoms with Crippen LogP contribution in [0, 0.1) is 6.92 Å². The second kappa shape index (κ2) is 10.1. The topological polar surface area (TPSA) is 89.0 Å². The second-order valence-electron chi connectivity index (χ2n) is 10.4. The summed E-state index contributed by atoms with van der Waals surface area (Å²) >= 11 is 2.72. The number of amides is 1. The Labute approximate surface area is 235 Å². The first-order valence-corrected chi connectivity index (χ1v) is 14.3. The van der Waals surface area contributed by atoms with Crippen molar-refractivity contribution in [1.82, 2.24) is 4.98 Å². The molecule has 7 nitrogen and oxygen atoms in total. The van der Waals surface area contributed by atoms with E-state index in [1.165, 1.54) is 27.6 Å². The van der Waals surface area contributed by atoms with E-state index in [1.807, 2.05) is 49.6 Å². The molecule has 0 bridgehead atoms. The van der Waals surface area contributed by atoms with E-state index in [0.717, 1.165) is 32.2 Å². The smallest absolute Gasteiger partial charge is 0.301 e. The lowest BCUT2D eigenvalue weighted by molar-refractivity contribution is -0.132. The Morgan fingerprint density at radius 3 is 2.54 bits per heavy atom. The number of aliphatic hydroxyl groups is 1. The van der Waals surface area contributed by atoms with Crippen LogP contribution in [0.1, 0.15) is 55.3 Å². The Morgan fingerprint density at radius 2 is 1.90 bits per heavy atom. The molecule has 0 spiro atoms. The van der Waals surface area contributed by atoms with Gasteiger partial charge in [-0.3, -0.25) is 14.5 Å². The molecular weight excluding hydrogens is 532 g/mol. The van der Waals surface area contributed by atoms with Crippen LogP contribution in [0.15, 0.2) is 53.4 Å². The van der Waals surface area contributed by atoms with Crippen molar-refractivity contribution in [3.8, 4) is 11.5 Å². The van der Waals surface area contributed by atoms with Crippen molar-refractivity contribution >= 4 is 55.5 Å². The van der Waals surface area contributed by atoms with Gasteiger partial charge < -0.3 is 14.6 Å². The van der Waals surface area contributed by atoms with Crippen molar-refractivity contribution in [3.05, 3.63) is 75.0 Å². The number of ketones is 1. The van der Waals surface area contributed by atoms with Gasteiger partial charge in [0.1, 0.15) is 23.3 Å². The Bertz CT molecular complexity index is 1610. The van der Waals surface area contributed by atoms with Crippen molar-refractivity contribution in [3.63, 3.8) is 0 Å². The first-order valence-electron chi connectivity index (χ1n) is 12.6. The number of carbonyl (C=O) groups excluding carboxylic acids is 2. The zero-order valence-electron chi connectivity index (χ0n) is 22.7. The molecule has 1 amide bonds. The third kappa shape index (κ3) is 4.70. The van der Waals surface area contributed by atoms with Crippen molar-refractivity contribution in [2.24, 2.45) is 0 Å². The quantitative estimate of drug-likeness (QED) is 0.155. The highest BCUT2D eigenvalue weighted by atomic mass is 32.1. The van der Waals surface area contributed by atoms with Crippen molar-refractivity contribution in [2.45, 2.75) is 46.1 Å². The number of aryl methyl sites for hydroxylation is 1. The van der Waals surface area contributed by atoms with E-state index in [2.05, 4.69) is 20.8 Å². The number of thiophene rings is 1. The van der Waals surface area contributed by atoms with Crippen LogP contribution in [0.25, 0.3) is 16.0 Å². The number of nitrogens with zero attached hydrogens (tertiary/aromatic N) is 2. The number of ether oxygens (including phenoxy) is 2. The van der Waals surface area contributed by atoms with E-state index in [1.54, 1.807) is 19.2 Å². The average molecular weight is 563 g/mol. The number of benzene rings is 2. The van der Waals surface area contributed by atoms with Gasteiger partial charge in [-0.2, -0.15) is 0 Å². The predicted molar refractivity (Wildman–Crippen MR) is 156 cm³/mol. The molecule has 1 saturated heterocycles. The number of thiazole rings is 1. The molecule has 0 aliphatic carbocycles. The van der Waals surface area contributed by atoms with E-state index >= 15 is 0 Å². The van der Waals surface area contributed by atoms with E-state index in [0.29, 0.717) is 22.8 Å². The molecule has 2 aromatic heterocycles. The minimum atomic E-state index is -0.807. The van der Waals surface area contributed by atoms with Crippen LogP contribution in [0.3, 0.4) is 0 Å². The highest BCUT2D eigenvalue weighted by Gasteiger charge is 2.48. The molecule has 39 heavy (non-hydrogen) atoms. The van der Waals surface area contributed by atoms with Crippen LogP contribution in [-0.4, -0.2) is 35.5 Å². The van der Waals surface area contributed by atoms with Crippen molar-refractivity contribution in [1.29, 1.82) is 0 Å². The zero-order valence-corrected chi connectivity index (χ0v) is 24.3. The minimum absolute atomic E-state index is 0.0412. The Kier molecular flexibility index (Phi) is 6.99. The average Bonchev–Trinajstić information content (AvgIpc) is 3.61. The summed E-state index contributed by atoms with van der Waals surface area (Å²) < 4.78 is 12.1. The molecule has 1 atom stereocenters. The van der Waals surface area contributed by atoms with Gasteiger partial charge in [0.05, 0.1) is 29.5 Å². The third-order valence-corrected chi connectivity index (χ3v) is 8.66. The molecule has 2 aromatic carbocycles. The lowest BCUT2D eigenvalue weighted by Gasteiger charge is -2.24. The van der Waals surface area contributed by atoms with Gasteiger partial charge >= 0.3 is 5.91 Å². The summed E-state index contributed by atoms with van der Waals surface area (Å²) in [5.41, 5.74) is 2.74. The van der Waals surface area contributed by atoms with E-state index in [9.17, 15) is 14.7 Å². The summed E-state index contributed by atoms with van der Waals surface area (Å²) in [6.45, 7) is 10.5. The van der Waals surface area contributed by atoms with Crippen molar-refractivity contribution in [2.75, 3.05) is 18.6 Å². The molecule has 4 aromatic rings. The molecular formula is C30H30N2O5S2. The monoisotopic (exact) mass is 562 g/mol. The number of rotatable bonds is 6. The van der Waals surface area contributed by atoms with Gasteiger partial charge in [0.15, 0.2) is 5.13 Å². The number of carbonyl (C=O) groups is 2. The number of Topliss-reactive ketones (excluding diaryl/α,β-unsaturated/α-hetero) is 1. The summed E-state index contributed by atoms with van der Waals surface area (Å²) in [5, 5.41) is 13.9. The van der Waals surface area contributed by atoms with E-state index < -0.39 is 17.7 Å². The first-order chi connectivity index (χ1) is 18.5. The maximum Gasteiger partial charge on any atom is 0.301 e. The number of hydrogen-bond acceptors (Lipinski definition) is 8. The molecule has 1 aliphatic rings. The Morgan fingerprint density at radius 1 is 1.13 bits per heavy atom. The van der Waals surface area contributed by atoms with Gasteiger partial charge in [0.25, 0.3) is 5.78 Å². The molecule has 1 unspecified atom stereocenters.